The predicted octanol–water partition coefficient (Wildman–Crippen LogP) is 2.61. The average Bonchev–Trinajstić information content (AvgIpc) is 2.30. The predicted molar refractivity (Wildman–Crippen MR) is 53.3 cm³/mol. The molecular formula is C10H11NS. The highest BCUT2D eigenvalue weighted by molar-refractivity contribution is 8.15. The highest BCUT2D eigenvalue weighted by atomic mass is 32.2. The van der Waals surface area contributed by atoms with Gasteiger partial charge in [-0.3, -0.25) is 4.99 Å². The standard InChI is InChI=1S/C10H11NS/c1-9-4-3-7-10(9,2)8(5-9)12-6-11-7/h3-7H,1-2H3. The quantitative estimate of drug-likeness (QED) is 0.518. The van der Waals surface area contributed by atoms with Gasteiger partial charge in [0.2, 0.25) is 0 Å². The fraction of sp³-hybridized carbons (Fsp3) is 0.500. The van der Waals surface area contributed by atoms with Gasteiger partial charge >= 0.3 is 0 Å². The van der Waals surface area contributed by atoms with Gasteiger partial charge in [0.15, 0.2) is 0 Å². The molecule has 0 aromatic rings. The van der Waals surface area contributed by atoms with Gasteiger partial charge in [0.25, 0.3) is 0 Å². The van der Waals surface area contributed by atoms with Crippen LogP contribution in [0.5, 0.6) is 0 Å². The normalized spacial score (nSPS) is 53.2. The van der Waals surface area contributed by atoms with E-state index in [1.807, 2.05) is 5.55 Å². The van der Waals surface area contributed by atoms with Crippen LogP contribution in [0.25, 0.3) is 0 Å². The smallest absolute Gasteiger partial charge is 0.0796 e. The van der Waals surface area contributed by atoms with E-state index in [1.54, 1.807) is 11.8 Å². The first-order chi connectivity index (χ1) is 5.67. The maximum atomic E-state index is 4.50. The molecule has 0 radical (unpaired) electrons. The molecule has 0 N–H and O–H groups in total. The molecule has 0 aromatic carbocycles. The zero-order chi connectivity index (χ0) is 8.40. The Labute approximate surface area is 76.6 Å². The molecule has 2 aliphatic carbocycles. The summed E-state index contributed by atoms with van der Waals surface area (Å²) in [4.78, 5) is 6.01. The number of thioether (sulfide) groups is 1. The van der Waals surface area contributed by atoms with E-state index in [0.29, 0.717) is 11.5 Å². The van der Waals surface area contributed by atoms with Gasteiger partial charge < -0.3 is 0 Å². The molecule has 1 nitrogen and oxygen atoms in total. The minimum atomic E-state index is 0.289. The Balaban J connectivity index is 2.23. The molecule has 0 aromatic heterocycles. The van der Waals surface area contributed by atoms with Gasteiger partial charge in [-0.25, -0.2) is 0 Å². The van der Waals surface area contributed by atoms with Crippen molar-refractivity contribution in [1.82, 2.24) is 0 Å². The van der Waals surface area contributed by atoms with Crippen molar-refractivity contribution < 1.29 is 0 Å². The Hall–Kier alpha value is -0.500. The number of hydrogen-bond donors (Lipinski definition) is 0. The minimum absolute atomic E-state index is 0.289. The Morgan fingerprint density at radius 1 is 1.50 bits per heavy atom. The van der Waals surface area contributed by atoms with Crippen LogP contribution in [0, 0.1) is 10.8 Å². The van der Waals surface area contributed by atoms with Crippen LogP contribution in [0.15, 0.2) is 28.1 Å². The zero-order valence-corrected chi connectivity index (χ0v) is 8.06. The van der Waals surface area contributed by atoms with E-state index in [4.69, 9.17) is 0 Å². The lowest BCUT2D eigenvalue weighted by molar-refractivity contribution is 0.192. The van der Waals surface area contributed by atoms with Crippen molar-refractivity contribution in [2.45, 2.75) is 19.9 Å². The lowest BCUT2D eigenvalue weighted by Gasteiger charge is -2.52. The minimum Gasteiger partial charge on any atom is -0.278 e. The lowest BCUT2D eigenvalue weighted by Crippen LogP contribution is -2.48. The van der Waals surface area contributed by atoms with Crippen LogP contribution < -0.4 is 0 Å². The Bertz CT molecular complexity index is 342. The molecule has 12 heavy (non-hydrogen) atoms. The van der Waals surface area contributed by atoms with Crippen molar-refractivity contribution in [2.75, 3.05) is 0 Å². The SMILES string of the molecule is CC12C=CC3N=CSC(=C1)C32C. The number of hydrogen-bond acceptors (Lipinski definition) is 2. The summed E-state index contributed by atoms with van der Waals surface area (Å²) in [6.45, 7) is 4.63. The third-order valence-electron chi connectivity index (χ3n) is 3.68. The van der Waals surface area contributed by atoms with E-state index in [0.717, 1.165) is 0 Å². The summed E-state index contributed by atoms with van der Waals surface area (Å²) < 4.78 is 0. The van der Waals surface area contributed by atoms with Gasteiger partial charge in [0, 0.05) is 10.8 Å². The molecule has 1 heterocycles. The Morgan fingerprint density at radius 2 is 2.33 bits per heavy atom. The highest BCUT2D eigenvalue weighted by Gasteiger charge is 2.60. The highest BCUT2D eigenvalue weighted by Crippen LogP contribution is 2.66. The second-order valence-electron chi connectivity index (χ2n) is 4.17. The van der Waals surface area contributed by atoms with Gasteiger partial charge in [-0.15, -0.1) is 0 Å². The maximum absolute atomic E-state index is 4.50. The molecular weight excluding hydrogens is 166 g/mol. The van der Waals surface area contributed by atoms with Crippen molar-refractivity contribution in [1.29, 1.82) is 0 Å². The van der Waals surface area contributed by atoms with E-state index >= 15 is 0 Å². The van der Waals surface area contributed by atoms with Gasteiger partial charge in [0.05, 0.1) is 11.6 Å². The fourth-order valence-electron chi connectivity index (χ4n) is 2.44. The van der Waals surface area contributed by atoms with Gasteiger partial charge in [-0.2, -0.15) is 0 Å². The van der Waals surface area contributed by atoms with E-state index in [1.165, 1.54) is 4.91 Å². The summed E-state index contributed by atoms with van der Waals surface area (Å²) in [5, 5.41) is 0. The van der Waals surface area contributed by atoms with E-state index in [9.17, 15) is 0 Å². The molecule has 3 unspecified atom stereocenters. The van der Waals surface area contributed by atoms with Crippen LogP contribution in [0.2, 0.25) is 0 Å². The molecule has 0 amide bonds. The van der Waals surface area contributed by atoms with Gasteiger partial charge in [-0.1, -0.05) is 43.8 Å². The van der Waals surface area contributed by atoms with Crippen molar-refractivity contribution >= 4 is 17.3 Å². The molecule has 62 valence electrons. The summed E-state index contributed by atoms with van der Waals surface area (Å²) in [6.07, 6.45) is 6.93. The van der Waals surface area contributed by atoms with E-state index in [2.05, 4.69) is 37.1 Å². The molecule has 3 aliphatic rings. The summed E-state index contributed by atoms with van der Waals surface area (Å²) in [7, 11) is 0. The van der Waals surface area contributed by atoms with Crippen LogP contribution in [0.4, 0.5) is 0 Å². The third-order valence-corrected chi connectivity index (χ3v) is 4.70. The van der Waals surface area contributed by atoms with E-state index in [-0.39, 0.29) is 5.41 Å². The third kappa shape index (κ3) is 0.488. The second kappa shape index (κ2) is 1.72. The van der Waals surface area contributed by atoms with Crippen molar-refractivity contribution in [3.63, 3.8) is 0 Å². The molecule has 3 rings (SSSR count). The van der Waals surface area contributed by atoms with Crippen LogP contribution in [0.1, 0.15) is 13.8 Å². The summed E-state index contributed by atoms with van der Waals surface area (Å²) in [5.74, 6) is 0. The number of aliphatic imine (C=N–C) groups is 1. The monoisotopic (exact) mass is 177 g/mol. The molecule has 3 atom stereocenters. The Morgan fingerprint density at radius 3 is 3.08 bits per heavy atom. The molecule has 0 saturated carbocycles. The van der Waals surface area contributed by atoms with Crippen molar-refractivity contribution in [2.24, 2.45) is 15.8 Å². The fourth-order valence-corrected chi connectivity index (χ4v) is 3.64. The van der Waals surface area contributed by atoms with Crippen LogP contribution in [-0.2, 0) is 0 Å². The van der Waals surface area contributed by atoms with Crippen molar-refractivity contribution in [3.05, 3.63) is 23.1 Å². The van der Waals surface area contributed by atoms with Crippen LogP contribution >= 0.6 is 11.8 Å². The second-order valence-corrected chi connectivity index (χ2v) is 5.06. The lowest BCUT2D eigenvalue weighted by atomic mass is 9.57. The number of nitrogens with zero attached hydrogens (tertiary/aromatic N) is 1. The topological polar surface area (TPSA) is 12.4 Å². The first-order valence-corrected chi connectivity index (χ1v) is 5.16. The zero-order valence-electron chi connectivity index (χ0n) is 7.24. The molecule has 2 heteroatoms. The van der Waals surface area contributed by atoms with Crippen LogP contribution in [0.3, 0.4) is 0 Å². The molecule has 0 bridgehead atoms. The van der Waals surface area contributed by atoms with Crippen molar-refractivity contribution in [3.8, 4) is 0 Å². The molecule has 0 fully saturated rings. The summed E-state index contributed by atoms with van der Waals surface area (Å²) in [5.41, 5.74) is 2.57. The average molecular weight is 177 g/mol. The molecule has 1 aliphatic heterocycles. The number of allylic oxidation sites excluding steroid dienone is 2. The molecule has 0 saturated heterocycles. The summed E-state index contributed by atoms with van der Waals surface area (Å²) in [6, 6.07) is 0.406. The first-order valence-electron chi connectivity index (χ1n) is 4.28. The molecule has 0 spiro atoms. The Kier molecular flexibility index (Phi) is 0.995. The first kappa shape index (κ1) is 6.96. The summed E-state index contributed by atoms with van der Waals surface area (Å²) >= 11 is 1.79. The number of rotatable bonds is 0. The van der Waals surface area contributed by atoms with Crippen LogP contribution in [-0.4, -0.2) is 11.6 Å². The van der Waals surface area contributed by atoms with E-state index < -0.39 is 0 Å². The largest absolute Gasteiger partial charge is 0.278 e. The van der Waals surface area contributed by atoms with Gasteiger partial charge in [-0.05, 0) is 4.91 Å². The maximum Gasteiger partial charge on any atom is 0.0796 e. The van der Waals surface area contributed by atoms with Gasteiger partial charge in [0.1, 0.15) is 0 Å².